The van der Waals surface area contributed by atoms with E-state index in [1.54, 1.807) is 13.0 Å². The van der Waals surface area contributed by atoms with Crippen LogP contribution in [-0.4, -0.2) is 22.6 Å². The Morgan fingerprint density at radius 2 is 2.43 bits per heavy atom. The summed E-state index contributed by atoms with van der Waals surface area (Å²) in [5, 5.41) is 9.29. The van der Waals surface area contributed by atoms with Gasteiger partial charge >= 0.3 is 6.09 Å². The van der Waals surface area contributed by atoms with Crippen molar-refractivity contribution in [3.05, 3.63) is 28.3 Å². The molecule has 0 spiro atoms. The molecule has 0 unspecified atom stereocenters. The van der Waals surface area contributed by atoms with Gasteiger partial charge in [0.15, 0.2) is 5.49 Å². The molecule has 0 saturated carbocycles. The first-order chi connectivity index (χ1) is 6.63. The van der Waals surface area contributed by atoms with Crippen LogP contribution in [0.4, 0.5) is 4.79 Å². The van der Waals surface area contributed by atoms with E-state index in [-0.39, 0.29) is 12.1 Å². The van der Waals surface area contributed by atoms with Crippen molar-refractivity contribution in [2.24, 2.45) is 4.99 Å². The third-order valence-electron chi connectivity index (χ3n) is 1.35. The van der Waals surface area contributed by atoms with E-state index >= 15 is 0 Å². The second kappa shape index (κ2) is 4.80. The molecule has 0 bridgehead atoms. The molecule has 0 aliphatic rings. The van der Waals surface area contributed by atoms with Gasteiger partial charge in [0.1, 0.15) is 0 Å². The Morgan fingerprint density at radius 1 is 1.71 bits per heavy atom. The molecule has 6 heteroatoms. The van der Waals surface area contributed by atoms with Gasteiger partial charge in [-0.15, -0.1) is 0 Å². The highest BCUT2D eigenvalue weighted by molar-refractivity contribution is 9.10. The smallest absolute Gasteiger partial charge is 0.435 e. The molecule has 1 N–H and O–H groups in total. The van der Waals surface area contributed by atoms with Crippen molar-refractivity contribution in [1.82, 2.24) is 4.73 Å². The van der Waals surface area contributed by atoms with E-state index in [2.05, 4.69) is 25.7 Å². The lowest BCUT2D eigenvalue weighted by atomic mass is 10.5. The lowest BCUT2D eigenvalue weighted by molar-refractivity contribution is 0.153. The van der Waals surface area contributed by atoms with Crippen LogP contribution in [0.15, 0.2) is 27.8 Å². The maximum atomic E-state index is 10.9. The van der Waals surface area contributed by atoms with Crippen LogP contribution in [0, 0.1) is 0 Å². The molecule has 1 aromatic heterocycles. The number of pyridine rings is 1. The summed E-state index contributed by atoms with van der Waals surface area (Å²) in [5.74, 6) is 0. The molecule has 0 aromatic carbocycles. The van der Waals surface area contributed by atoms with Crippen molar-refractivity contribution in [1.29, 1.82) is 0 Å². The van der Waals surface area contributed by atoms with Gasteiger partial charge in [0.2, 0.25) is 0 Å². The van der Waals surface area contributed by atoms with E-state index in [1.165, 1.54) is 12.3 Å². The van der Waals surface area contributed by atoms with Crippen molar-refractivity contribution in [3.8, 4) is 0 Å². The van der Waals surface area contributed by atoms with Crippen LogP contribution in [0.2, 0.25) is 0 Å². The van der Waals surface area contributed by atoms with Crippen molar-refractivity contribution < 1.29 is 14.7 Å². The van der Waals surface area contributed by atoms with Gasteiger partial charge in [0, 0.05) is 4.47 Å². The van der Waals surface area contributed by atoms with Crippen LogP contribution in [0.5, 0.6) is 0 Å². The zero-order chi connectivity index (χ0) is 10.6. The highest BCUT2D eigenvalue weighted by Gasteiger charge is 1.98. The standard InChI is InChI=1S/C8H9BrN2O3/c1-2-14-8(12)10-7-4-3-6(9)5-11(7)13/h3-5,13H,2H2,1H3. The summed E-state index contributed by atoms with van der Waals surface area (Å²) in [6.45, 7) is 1.94. The molecule has 1 amide bonds. The second-order valence-corrected chi connectivity index (χ2v) is 3.28. The molecule has 0 aliphatic heterocycles. The zero-order valence-corrected chi connectivity index (χ0v) is 9.06. The second-order valence-electron chi connectivity index (χ2n) is 2.36. The van der Waals surface area contributed by atoms with Crippen LogP contribution in [0.1, 0.15) is 6.92 Å². The van der Waals surface area contributed by atoms with E-state index in [1.807, 2.05) is 0 Å². The predicted molar refractivity (Wildman–Crippen MR) is 51.9 cm³/mol. The molecule has 1 aromatic rings. The largest absolute Gasteiger partial charge is 0.448 e. The third kappa shape index (κ3) is 2.88. The Labute approximate surface area is 88.7 Å². The SMILES string of the molecule is CCOC(=O)N=c1ccc(Br)cn1O. The van der Waals surface area contributed by atoms with Crippen molar-refractivity contribution in [2.75, 3.05) is 6.61 Å². The highest BCUT2D eigenvalue weighted by atomic mass is 79.9. The minimum atomic E-state index is -0.724. The Bertz CT molecular complexity index is 400. The number of halogens is 1. The summed E-state index contributed by atoms with van der Waals surface area (Å²) in [6, 6.07) is 3.14. The Kier molecular flexibility index (Phi) is 3.70. The zero-order valence-electron chi connectivity index (χ0n) is 7.48. The minimum Gasteiger partial charge on any atom is -0.448 e. The number of amides is 1. The molecule has 0 aliphatic carbocycles. The van der Waals surface area contributed by atoms with Gasteiger partial charge in [-0.1, -0.05) is 0 Å². The first-order valence-electron chi connectivity index (χ1n) is 3.92. The van der Waals surface area contributed by atoms with E-state index < -0.39 is 6.09 Å². The van der Waals surface area contributed by atoms with Crippen molar-refractivity contribution >= 4 is 22.0 Å². The third-order valence-corrected chi connectivity index (χ3v) is 1.81. The van der Waals surface area contributed by atoms with Gasteiger partial charge in [0.25, 0.3) is 0 Å². The van der Waals surface area contributed by atoms with Crippen molar-refractivity contribution in [2.45, 2.75) is 6.92 Å². The highest BCUT2D eigenvalue weighted by Crippen LogP contribution is 2.03. The number of nitrogens with zero attached hydrogens (tertiary/aromatic N) is 2. The van der Waals surface area contributed by atoms with Gasteiger partial charge in [-0.2, -0.15) is 9.72 Å². The molecule has 1 rings (SSSR count). The number of carbonyl (C=O) groups is 1. The first kappa shape index (κ1) is 10.8. The molecule has 0 fully saturated rings. The van der Waals surface area contributed by atoms with Gasteiger partial charge in [-0.3, -0.25) is 0 Å². The Balaban J connectivity index is 3.01. The van der Waals surface area contributed by atoms with Gasteiger partial charge in [-0.25, -0.2) is 4.79 Å². The number of hydrogen-bond donors (Lipinski definition) is 1. The van der Waals surface area contributed by atoms with Gasteiger partial charge < -0.3 is 9.94 Å². The molecule has 1 heterocycles. The first-order valence-corrected chi connectivity index (χ1v) is 4.71. The van der Waals surface area contributed by atoms with Crippen LogP contribution in [0.3, 0.4) is 0 Å². The van der Waals surface area contributed by atoms with E-state index in [0.29, 0.717) is 4.47 Å². The van der Waals surface area contributed by atoms with Crippen LogP contribution in [0.25, 0.3) is 0 Å². The summed E-state index contributed by atoms with van der Waals surface area (Å²) < 4.78 is 6.01. The fraction of sp³-hybridized carbons (Fsp3) is 0.250. The molecular weight excluding hydrogens is 252 g/mol. The molecule has 14 heavy (non-hydrogen) atoms. The van der Waals surface area contributed by atoms with Crippen LogP contribution < -0.4 is 5.49 Å². The number of aromatic nitrogens is 1. The predicted octanol–water partition coefficient (Wildman–Crippen LogP) is 1.55. The quantitative estimate of drug-likeness (QED) is 0.780. The lowest BCUT2D eigenvalue weighted by Crippen LogP contribution is -2.19. The van der Waals surface area contributed by atoms with Gasteiger partial charge in [-0.05, 0) is 35.0 Å². The van der Waals surface area contributed by atoms with E-state index in [0.717, 1.165) is 4.73 Å². The molecule has 5 nitrogen and oxygen atoms in total. The molecule has 0 saturated heterocycles. The van der Waals surface area contributed by atoms with Crippen LogP contribution >= 0.6 is 15.9 Å². The number of rotatable bonds is 1. The molecule has 0 atom stereocenters. The number of ether oxygens (including phenoxy) is 1. The minimum absolute atomic E-state index is 0.117. The van der Waals surface area contributed by atoms with E-state index in [4.69, 9.17) is 0 Å². The molecule has 76 valence electrons. The summed E-state index contributed by atoms with van der Waals surface area (Å²) in [5.41, 5.74) is 0.117. The maximum Gasteiger partial charge on any atom is 0.435 e. The summed E-state index contributed by atoms with van der Waals surface area (Å²) in [7, 11) is 0. The lowest BCUT2D eigenvalue weighted by Gasteiger charge is -1.98. The topological polar surface area (TPSA) is 63.8 Å². The van der Waals surface area contributed by atoms with Gasteiger partial charge in [0.05, 0.1) is 12.8 Å². The fourth-order valence-corrected chi connectivity index (χ4v) is 1.12. The van der Waals surface area contributed by atoms with Crippen LogP contribution in [-0.2, 0) is 4.74 Å². The Morgan fingerprint density at radius 3 is 3.00 bits per heavy atom. The Hall–Kier alpha value is -1.30. The fourth-order valence-electron chi connectivity index (χ4n) is 0.794. The molecule has 0 radical (unpaired) electrons. The average Bonchev–Trinajstić information content (AvgIpc) is 2.10. The summed E-state index contributed by atoms with van der Waals surface area (Å²) in [4.78, 5) is 14.4. The van der Waals surface area contributed by atoms with Crippen molar-refractivity contribution in [3.63, 3.8) is 0 Å². The maximum absolute atomic E-state index is 10.9. The number of hydrogen-bond acceptors (Lipinski definition) is 3. The monoisotopic (exact) mass is 260 g/mol. The number of carbonyl (C=O) groups excluding carboxylic acids is 1. The average molecular weight is 261 g/mol. The summed E-state index contributed by atoms with van der Waals surface area (Å²) >= 11 is 3.15. The molecular formula is C8H9BrN2O3. The summed E-state index contributed by atoms with van der Waals surface area (Å²) in [6.07, 6.45) is 0.649. The van der Waals surface area contributed by atoms with E-state index in [9.17, 15) is 10.0 Å². The normalized spacial score (nSPS) is 11.4.